The number of aliphatic hydroxyl groups excluding tert-OH is 1. The Morgan fingerprint density at radius 3 is 2.93 bits per heavy atom. The number of carbonyl (C=O) groups is 1. The summed E-state index contributed by atoms with van der Waals surface area (Å²) in [4.78, 5) is 13.1. The second kappa shape index (κ2) is 3.26. The van der Waals surface area contributed by atoms with Crippen molar-refractivity contribution in [3.8, 4) is 0 Å². The van der Waals surface area contributed by atoms with E-state index < -0.39 is 6.23 Å². The van der Waals surface area contributed by atoms with Crippen molar-refractivity contribution in [1.82, 2.24) is 4.90 Å². The van der Waals surface area contributed by atoms with E-state index >= 15 is 0 Å². The summed E-state index contributed by atoms with van der Waals surface area (Å²) in [6.45, 7) is 2.04. The Balaban J connectivity index is 2.41. The molecule has 0 bridgehead atoms. The summed E-state index contributed by atoms with van der Waals surface area (Å²) in [5.41, 5.74) is 1.51. The van der Waals surface area contributed by atoms with Crippen LogP contribution in [0.3, 0.4) is 0 Å². The number of rotatable bonds is 1. The molecule has 0 fully saturated rings. The predicted octanol–water partition coefficient (Wildman–Crippen LogP) is 1.63. The second-order valence-electron chi connectivity index (χ2n) is 3.37. The summed E-state index contributed by atoms with van der Waals surface area (Å²) in [5, 5.41) is 9.88. The van der Waals surface area contributed by atoms with Gasteiger partial charge in [-0.2, -0.15) is 0 Å². The predicted molar refractivity (Wildman–Crippen MR) is 53.0 cm³/mol. The number of amides is 1. The summed E-state index contributed by atoms with van der Waals surface area (Å²) in [6, 6.07) is 5.21. The first kappa shape index (κ1) is 9.49. The van der Waals surface area contributed by atoms with Crippen LogP contribution in [-0.4, -0.2) is 22.1 Å². The molecule has 0 spiro atoms. The molecular formula is C10H10ClNO2. The lowest BCUT2D eigenvalue weighted by Gasteiger charge is -2.18. The van der Waals surface area contributed by atoms with Crippen molar-refractivity contribution in [2.24, 2.45) is 0 Å². The third-order valence-electron chi connectivity index (χ3n) is 2.35. The molecule has 0 aliphatic carbocycles. The average Bonchev–Trinajstić information content (AvgIpc) is 2.44. The Labute approximate surface area is 86.9 Å². The topological polar surface area (TPSA) is 40.5 Å². The molecule has 1 atom stereocenters. The van der Waals surface area contributed by atoms with Crippen LogP contribution in [0.15, 0.2) is 18.2 Å². The largest absolute Gasteiger partial charge is 0.374 e. The van der Waals surface area contributed by atoms with E-state index in [0.717, 1.165) is 5.56 Å². The van der Waals surface area contributed by atoms with Crippen molar-refractivity contribution in [2.75, 3.05) is 0 Å². The van der Waals surface area contributed by atoms with Crippen LogP contribution < -0.4 is 0 Å². The molecule has 14 heavy (non-hydrogen) atoms. The molecule has 1 aliphatic heterocycles. The van der Waals surface area contributed by atoms with Gasteiger partial charge in [0.05, 0.1) is 0 Å². The van der Waals surface area contributed by atoms with Crippen molar-refractivity contribution in [3.63, 3.8) is 0 Å². The van der Waals surface area contributed by atoms with Gasteiger partial charge in [0.25, 0.3) is 5.91 Å². The minimum atomic E-state index is -0.756. The first-order chi connectivity index (χ1) is 6.59. The van der Waals surface area contributed by atoms with Gasteiger partial charge in [-0.25, -0.2) is 0 Å². The Kier molecular flexibility index (Phi) is 2.21. The maximum absolute atomic E-state index is 11.7. The van der Waals surface area contributed by atoms with Crippen molar-refractivity contribution in [1.29, 1.82) is 0 Å². The standard InChI is InChI=1S/C10H10ClNO2/c1-6(13)12-5-7-2-3-8(11)4-9(7)10(12)14/h2-4,6,13H,5H2,1H3. The van der Waals surface area contributed by atoms with E-state index in [-0.39, 0.29) is 5.91 Å². The molecule has 0 radical (unpaired) electrons. The zero-order chi connectivity index (χ0) is 10.3. The molecule has 1 unspecified atom stereocenters. The first-order valence-corrected chi connectivity index (χ1v) is 4.75. The number of benzene rings is 1. The van der Waals surface area contributed by atoms with E-state index in [1.165, 1.54) is 4.90 Å². The molecule has 1 aliphatic rings. The van der Waals surface area contributed by atoms with Crippen molar-refractivity contribution in [2.45, 2.75) is 19.7 Å². The Hall–Kier alpha value is -1.06. The monoisotopic (exact) mass is 211 g/mol. The highest BCUT2D eigenvalue weighted by atomic mass is 35.5. The quantitative estimate of drug-likeness (QED) is 0.767. The van der Waals surface area contributed by atoms with E-state index in [1.807, 2.05) is 6.07 Å². The Morgan fingerprint density at radius 2 is 2.29 bits per heavy atom. The number of hydrogen-bond donors (Lipinski definition) is 1. The van der Waals surface area contributed by atoms with Crippen LogP contribution in [0.2, 0.25) is 5.02 Å². The van der Waals surface area contributed by atoms with Crippen LogP contribution in [0.1, 0.15) is 22.8 Å². The number of aliphatic hydroxyl groups is 1. The maximum Gasteiger partial charge on any atom is 0.256 e. The third kappa shape index (κ3) is 1.38. The van der Waals surface area contributed by atoms with Crippen LogP contribution in [0, 0.1) is 0 Å². The second-order valence-corrected chi connectivity index (χ2v) is 3.80. The third-order valence-corrected chi connectivity index (χ3v) is 2.59. The minimum Gasteiger partial charge on any atom is -0.374 e. The number of halogens is 1. The highest BCUT2D eigenvalue weighted by Crippen LogP contribution is 2.26. The van der Waals surface area contributed by atoms with Crippen LogP contribution in [0.5, 0.6) is 0 Å². The molecule has 0 saturated heterocycles. The molecule has 0 aromatic heterocycles. The fourth-order valence-electron chi connectivity index (χ4n) is 1.60. The van der Waals surface area contributed by atoms with E-state index in [1.54, 1.807) is 19.1 Å². The summed E-state index contributed by atoms with van der Waals surface area (Å²) in [7, 11) is 0. The summed E-state index contributed by atoms with van der Waals surface area (Å²) < 4.78 is 0. The highest BCUT2D eigenvalue weighted by Gasteiger charge is 2.29. The maximum atomic E-state index is 11.7. The number of hydrogen-bond acceptors (Lipinski definition) is 2. The van der Waals surface area contributed by atoms with Gasteiger partial charge in [-0.3, -0.25) is 4.79 Å². The van der Waals surface area contributed by atoms with E-state index in [0.29, 0.717) is 17.1 Å². The summed E-state index contributed by atoms with van der Waals surface area (Å²) in [5.74, 6) is -0.155. The molecule has 0 saturated carbocycles. The molecule has 3 nitrogen and oxygen atoms in total. The van der Waals surface area contributed by atoms with Gasteiger partial charge in [0, 0.05) is 17.1 Å². The van der Waals surface area contributed by atoms with Crippen LogP contribution in [0.4, 0.5) is 0 Å². The Bertz CT molecular complexity index is 390. The number of fused-ring (bicyclic) bond motifs is 1. The van der Waals surface area contributed by atoms with Gasteiger partial charge in [-0.15, -0.1) is 0 Å². The SMILES string of the molecule is CC(O)N1Cc2ccc(Cl)cc2C1=O. The smallest absolute Gasteiger partial charge is 0.256 e. The first-order valence-electron chi connectivity index (χ1n) is 4.37. The van der Waals surface area contributed by atoms with Crippen LogP contribution in [0.25, 0.3) is 0 Å². The lowest BCUT2D eigenvalue weighted by atomic mass is 10.1. The molecule has 74 valence electrons. The van der Waals surface area contributed by atoms with Gasteiger partial charge in [0.1, 0.15) is 6.23 Å². The van der Waals surface area contributed by atoms with Gasteiger partial charge in [0.2, 0.25) is 0 Å². The molecule has 2 rings (SSSR count). The average molecular weight is 212 g/mol. The van der Waals surface area contributed by atoms with Gasteiger partial charge >= 0.3 is 0 Å². The molecule has 1 heterocycles. The number of carbonyl (C=O) groups excluding carboxylic acids is 1. The lowest BCUT2D eigenvalue weighted by Crippen LogP contribution is -2.32. The number of nitrogens with zero attached hydrogens (tertiary/aromatic N) is 1. The van der Waals surface area contributed by atoms with Crippen molar-refractivity contribution < 1.29 is 9.90 Å². The van der Waals surface area contributed by atoms with E-state index in [4.69, 9.17) is 11.6 Å². The zero-order valence-corrected chi connectivity index (χ0v) is 8.45. The molecule has 1 N–H and O–H groups in total. The summed E-state index contributed by atoms with van der Waals surface area (Å²) >= 11 is 5.78. The fourth-order valence-corrected chi connectivity index (χ4v) is 1.77. The van der Waals surface area contributed by atoms with E-state index in [2.05, 4.69) is 0 Å². The van der Waals surface area contributed by atoms with Crippen molar-refractivity contribution in [3.05, 3.63) is 34.3 Å². The molecule has 1 aromatic rings. The molecule has 4 heteroatoms. The van der Waals surface area contributed by atoms with Gasteiger partial charge in [-0.1, -0.05) is 17.7 Å². The van der Waals surface area contributed by atoms with Gasteiger partial charge in [0.15, 0.2) is 0 Å². The molecule has 1 aromatic carbocycles. The fraction of sp³-hybridized carbons (Fsp3) is 0.300. The zero-order valence-electron chi connectivity index (χ0n) is 7.70. The summed E-state index contributed by atoms with van der Waals surface area (Å²) in [6.07, 6.45) is -0.756. The normalized spacial score (nSPS) is 17.1. The van der Waals surface area contributed by atoms with Gasteiger partial charge in [-0.05, 0) is 24.6 Å². The van der Waals surface area contributed by atoms with E-state index in [9.17, 15) is 9.90 Å². The van der Waals surface area contributed by atoms with Crippen molar-refractivity contribution >= 4 is 17.5 Å². The van der Waals surface area contributed by atoms with Gasteiger partial charge < -0.3 is 10.0 Å². The highest BCUT2D eigenvalue weighted by molar-refractivity contribution is 6.31. The lowest BCUT2D eigenvalue weighted by molar-refractivity contribution is 0.0192. The molecule has 1 amide bonds. The Morgan fingerprint density at radius 1 is 1.57 bits per heavy atom. The minimum absolute atomic E-state index is 0.155. The van der Waals surface area contributed by atoms with Crippen LogP contribution in [-0.2, 0) is 6.54 Å². The van der Waals surface area contributed by atoms with Crippen LogP contribution >= 0.6 is 11.6 Å². The molecular weight excluding hydrogens is 202 g/mol.